The van der Waals surface area contributed by atoms with Crippen molar-refractivity contribution in [3.05, 3.63) is 24.3 Å². The Labute approximate surface area is 194 Å². The van der Waals surface area contributed by atoms with Gasteiger partial charge in [0.25, 0.3) is 0 Å². The molecule has 1 fully saturated rings. The second kappa shape index (κ2) is 12.8. The van der Waals surface area contributed by atoms with Crippen LogP contribution in [0.15, 0.2) is 29.3 Å². The third kappa shape index (κ3) is 8.11. The molecule has 0 saturated carbocycles. The van der Waals surface area contributed by atoms with Crippen LogP contribution in [0.3, 0.4) is 0 Å². The Hall–Kier alpha value is -1.85. The van der Waals surface area contributed by atoms with Gasteiger partial charge in [0.1, 0.15) is 12.3 Å². The lowest BCUT2D eigenvalue weighted by Gasteiger charge is -2.23. The topological polar surface area (TPSA) is 69.2 Å². The number of rotatable bonds is 8. The van der Waals surface area contributed by atoms with Crippen LogP contribution in [-0.2, 0) is 4.79 Å². The fraction of sp³-hybridized carbons (Fsp3) is 0.600. The zero-order valence-electron chi connectivity index (χ0n) is 17.9. The second-order valence-electron chi connectivity index (χ2n) is 7.33. The second-order valence-corrected chi connectivity index (χ2v) is 7.33. The molecule has 0 spiro atoms. The summed E-state index contributed by atoms with van der Waals surface area (Å²) in [5, 5.41) is 6.68. The summed E-state index contributed by atoms with van der Waals surface area (Å²) < 4.78 is 30.0. The third-order valence-corrected chi connectivity index (χ3v) is 4.82. The van der Waals surface area contributed by atoms with E-state index in [0.717, 1.165) is 12.8 Å². The normalized spacial score (nSPS) is 17.4. The first-order chi connectivity index (χ1) is 13.8. The van der Waals surface area contributed by atoms with Crippen LogP contribution in [0.2, 0.25) is 0 Å². The lowest BCUT2D eigenvalue weighted by Crippen LogP contribution is -2.48. The summed E-state index contributed by atoms with van der Waals surface area (Å²) in [6, 6.07) is 7.08. The lowest BCUT2D eigenvalue weighted by atomic mass is 10.2. The first-order valence-corrected chi connectivity index (χ1v) is 9.86. The molecule has 0 bridgehead atoms. The van der Waals surface area contributed by atoms with Gasteiger partial charge < -0.3 is 25.2 Å². The summed E-state index contributed by atoms with van der Waals surface area (Å²) in [7, 11) is 3.39. The molecule has 2 rings (SSSR count). The van der Waals surface area contributed by atoms with Gasteiger partial charge in [0, 0.05) is 39.3 Å². The average Bonchev–Trinajstić information content (AvgIpc) is 3.13. The van der Waals surface area contributed by atoms with E-state index in [1.54, 1.807) is 38.4 Å². The molecule has 170 valence electrons. The fourth-order valence-electron chi connectivity index (χ4n) is 2.96. The number of hydrogen-bond acceptors (Lipinski definition) is 4. The highest BCUT2D eigenvalue weighted by Gasteiger charge is 2.26. The number of halogens is 3. The minimum absolute atomic E-state index is 0. The maximum atomic E-state index is 12.7. The highest BCUT2D eigenvalue weighted by atomic mass is 127. The van der Waals surface area contributed by atoms with Gasteiger partial charge >= 0.3 is 6.61 Å². The van der Waals surface area contributed by atoms with Gasteiger partial charge in [0.05, 0.1) is 5.69 Å². The standard InChI is InChI=1S/C20H31F2N5O2.HI/c1-5-14(2)24-20(23-12-18(28)26(3)4)25-15-10-11-27(13-15)16-8-6-7-9-17(16)29-19(21)22;/h6-9,14-15,19H,5,10-13H2,1-4H3,(H2,23,24,25);1H. The molecule has 1 aromatic carbocycles. The number of nitrogens with one attached hydrogen (secondary N) is 2. The van der Waals surface area contributed by atoms with E-state index in [9.17, 15) is 13.6 Å². The molecular formula is C20H32F2IN5O2. The maximum Gasteiger partial charge on any atom is 0.387 e. The molecule has 30 heavy (non-hydrogen) atoms. The van der Waals surface area contributed by atoms with Crippen molar-refractivity contribution in [2.45, 2.75) is 45.4 Å². The maximum absolute atomic E-state index is 12.7. The van der Waals surface area contributed by atoms with E-state index in [1.807, 2.05) is 11.8 Å². The smallest absolute Gasteiger partial charge is 0.387 e. The number of likely N-dealkylation sites (N-methyl/N-ethyl adjacent to an activating group) is 1. The zero-order valence-corrected chi connectivity index (χ0v) is 20.2. The van der Waals surface area contributed by atoms with Gasteiger partial charge in [-0.2, -0.15) is 8.78 Å². The van der Waals surface area contributed by atoms with E-state index >= 15 is 0 Å². The number of para-hydroxylation sites is 2. The Morgan fingerprint density at radius 3 is 2.70 bits per heavy atom. The Morgan fingerprint density at radius 1 is 1.37 bits per heavy atom. The van der Waals surface area contributed by atoms with Crippen LogP contribution in [0.1, 0.15) is 26.7 Å². The Morgan fingerprint density at radius 2 is 2.07 bits per heavy atom. The molecule has 2 N–H and O–H groups in total. The molecule has 2 unspecified atom stereocenters. The SMILES string of the molecule is CCC(C)NC(=NCC(=O)N(C)C)NC1CCN(c2ccccc2OC(F)F)C1.I. The highest BCUT2D eigenvalue weighted by Crippen LogP contribution is 2.31. The number of ether oxygens (including phenoxy) is 1. The van der Waals surface area contributed by atoms with Crippen LogP contribution in [0.4, 0.5) is 14.5 Å². The quantitative estimate of drug-likeness (QED) is 0.302. The van der Waals surface area contributed by atoms with Gasteiger partial charge in [-0.15, -0.1) is 24.0 Å². The minimum atomic E-state index is -2.86. The van der Waals surface area contributed by atoms with Crippen molar-refractivity contribution in [2.24, 2.45) is 4.99 Å². The minimum Gasteiger partial charge on any atom is -0.433 e. The van der Waals surface area contributed by atoms with Crippen LogP contribution in [0.25, 0.3) is 0 Å². The molecule has 10 heteroatoms. The predicted octanol–water partition coefficient (Wildman–Crippen LogP) is 2.91. The van der Waals surface area contributed by atoms with Gasteiger partial charge in [0.2, 0.25) is 5.91 Å². The molecule has 1 aliphatic rings. The number of carbonyl (C=O) groups excluding carboxylic acids is 1. The van der Waals surface area contributed by atoms with Crippen molar-refractivity contribution in [3.8, 4) is 5.75 Å². The van der Waals surface area contributed by atoms with Crippen molar-refractivity contribution in [1.82, 2.24) is 15.5 Å². The highest BCUT2D eigenvalue weighted by molar-refractivity contribution is 14.0. The van der Waals surface area contributed by atoms with Crippen molar-refractivity contribution < 1.29 is 18.3 Å². The van der Waals surface area contributed by atoms with Crippen molar-refractivity contribution in [3.63, 3.8) is 0 Å². The molecule has 1 heterocycles. The van der Waals surface area contributed by atoms with Gasteiger partial charge in [-0.05, 0) is 31.9 Å². The first-order valence-electron chi connectivity index (χ1n) is 9.86. The number of benzene rings is 1. The number of hydrogen-bond donors (Lipinski definition) is 2. The van der Waals surface area contributed by atoms with Gasteiger partial charge in [-0.25, -0.2) is 4.99 Å². The number of amides is 1. The largest absolute Gasteiger partial charge is 0.433 e. The van der Waals surface area contributed by atoms with E-state index in [1.165, 1.54) is 4.90 Å². The molecule has 2 atom stereocenters. The van der Waals surface area contributed by atoms with Crippen molar-refractivity contribution >= 4 is 41.5 Å². The lowest BCUT2D eigenvalue weighted by molar-refractivity contribution is -0.127. The van der Waals surface area contributed by atoms with E-state index in [-0.39, 0.29) is 54.3 Å². The van der Waals surface area contributed by atoms with Crippen LogP contribution in [0, 0.1) is 0 Å². The molecule has 0 radical (unpaired) electrons. The number of anilines is 1. The monoisotopic (exact) mass is 539 g/mol. The first kappa shape index (κ1) is 26.2. The number of guanidine groups is 1. The van der Waals surface area contributed by atoms with Crippen LogP contribution in [-0.4, -0.2) is 69.2 Å². The molecule has 1 aliphatic heterocycles. The number of nitrogens with zero attached hydrogens (tertiary/aromatic N) is 3. The Balaban J connectivity index is 0.00000450. The molecule has 1 aromatic rings. The van der Waals surface area contributed by atoms with E-state index in [4.69, 9.17) is 0 Å². The summed E-state index contributed by atoms with van der Waals surface area (Å²) in [6.45, 7) is 2.63. The molecular weight excluding hydrogens is 507 g/mol. The predicted molar refractivity (Wildman–Crippen MR) is 126 cm³/mol. The molecule has 0 aliphatic carbocycles. The van der Waals surface area contributed by atoms with Crippen LogP contribution in [0.5, 0.6) is 5.75 Å². The van der Waals surface area contributed by atoms with Crippen LogP contribution < -0.4 is 20.3 Å². The summed E-state index contributed by atoms with van der Waals surface area (Å²) in [4.78, 5) is 19.8. The van der Waals surface area contributed by atoms with Gasteiger partial charge in [0.15, 0.2) is 5.96 Å². The summed E-state index contributed by atoms with van der Waals surface area (Å²) >= 11 is 0. The number of carbonyl (C=O) groups is 1. The Bertz CT molecular complexity index is 706. The van der Waals surface area contributed by atoms with E-state index in [2.05, 4.69) is 27.3 Å². The Kier molecular flexibility index (Phi) is 11.1. The average molecular weight is 539 g/mol. The van der Waals surface area contributed by atoms with Crippen molar-refractivity contribution in [2.75, 3.05) is 38.6 Å². The summed E-state index contributed by atoms with van der Waals surface area (Å²) in [5.74, 6) is 0.672. The third-order valence-electron chi connectivity index (χ3n) is 4.82. The summed E-state index contributed by atoms with van der Waals surface area (Å²) in [6.07, 6.45) is 1.73. The molecule has 0 aromatic heterocycles. The molecule has 1 amide bonds. The van der Waals surface area contributed by atoms with Crippen molar-refractivity contribution in [1.29, 1.82) is 0 Å². The van der Waals surface area contributed by atoms with E-state index in [0.29, 0.717) is 24.7 Å². The number of aliphatic imine (C=N–C) groups is 1. The summed E-state index contributed by atoms with van der Waals surface area (Å²) in [5.41, 5.74) is 0.647. The fourth-order valence-corrected chi connectivity index (χ4v) is 2.96. The molecule has 7 nitrogen and oxygen atoms in total. The molecule has 1 saturated heterocycles. The van der Waals surface area contributed by atoms with Gasteiger partial charge in [-0.3, -0.25) is 4.79 Å². The van der Waals surface area contributed by atoms with Crippen LogP contribution >= 0.6 is 24.0 Å². The zero-order chi connectivity index (χ0) is 21.4. The number of alkyl halides is 2. The van der Waals surface area contributed by atoms with E-state index < -0.39 is 6.61 Å². The van der Waals surface area contributed by atoms with Gasteiger partial charge in [-0.1, -0.05) is 19.1 Å².